The number of halogens is 1. The number of fused-ring (bicyclic) bond motifs is 1. The molecular formula is C26H25FN8O2. The van der Waals surface area contributed by atoms with Crippen molar-refractivity contribution in [2.45, 2.75) is 26.2 Å². The van der Waals surface area contributed by atoms with Gasteiger partial charge < -0.3 is 15.5 Å². The third kappa shape index (κ3) is 5.35. The number of aryl methyl sites for hydroxylation is 1. The molecule has 1 aliphatic rings. The molecule has 3 aromatic heterocycles. The highest BCUT2D eigenvalue weighted by molar-refractivity contribution is 6.00. The minimum atomic E-state index is -0.459. The molecule has 2 N–H and O–H groups in total. The Balaban J connectivity index is 1.39. The number of hydrogen-bond donors (Lipinski definition) is 2. The smallest absolute Gasteiger partial charge is 0.254 e. The van der Waals surface area contributed by atoms with E-state index in [1.54, 1.807) is 24.4 Å². The molecule has 1 saturated heterocycles. The van der Waals surface area contributed by atoms with Gasteiger partial charge in [-0.3, -0.25) is 14.6 Å². The molecule has 0 bridgehead atoms. The van der Waals surface area contributed by atoms with Crippen LogP contribution in [0.15, 0.2) is 49.1 Å². The Hall–Kier alpha value is -4.54. The molecule has 0 aliphatic carbocycles. The molecule has 4 aromatic rings. The zero-order valence-electron chi connectivity index (χ0n) is 20.2. The quantitative estimate of drug-likeness (QED) is 0.353. The maximum absolute atomic E-state index is 14.6. The summed E-state index contributed by atoms with van der Waals surface area (Å²) in [7, 11) is 0. The monoisotopic (exact) mass is 500 g/mol. The predicted octanol–water partition coefficient (Wildman–Crippen LogP) is 3.42. The van der Waals surface area contributed by atoms with Crippen molar-refractivity contribution in [3.05, 3.63) is 66.0 Å². The summed E-state index contributed by atoms with van der Waals surface area (Å²) in [6, 6.07) is 6.35. The van der Waals surface area contributed by atoms with E-state index in [1.165, 1.54) is 24.7 Å². The van der Waals surface area contributed by atoms with Crippen molar-refractivity contribution in [3.63, 3.8) is 0 Å². The summed E-state index contributed by atoms with van der Waals surface area (Å²) in [5.74, 6) is -0.192. The fourth-order valence-electron chi connectivity index (χ4n) is 4.20. The van der Waals surface area contributed by atoms with Crippen LogP contribution >= 0.6 is 0 Å². The third-order valence-corrected chi connectivity index (χ3v) is 6.08. The summed E-state index contributed by atoms with van der Waals surface area (Å²) in [5.41, 5.74) is 2.50. The lowest BCUT2D eigenvalue weighted by Gasteiger charge is -2.16. The molecule has 10 nitrogen and oxygen atoms in total. The molecule has 0 radical (unpaired) electrons. The van der Waals surface area contributed by atoms with Crippen molar-refractivity contribution in [1.29, 1.82) is 0 Å². The van der Waals surface area contributed by atoms with Crippen LogP contribution in [0.5, 0.6) is 0 Å². The minimum Gasteiger partial charge on any atom is -0.352 e. The molecule has 0 saturated carbocycles. The number of hydrogen-bond acceptors (Lipinski definition) is 8. The van der Waals surface area contributed by atoms with E-state index >= 15 is 0 Å². The maximum atomic E-state index is 14.6. The Morgan fingerprint density at radius 3 is 2.84 bits per heavy atom. The molecule has 0 atom stereocenters. The largest absolute Gasteiger partial charge is 0.352 e. The molecule has 1 aromatic carbocycles. The molecule has 188 valence electrons. The van der Waals surface area contributed by atoms with Crippen molar-refractivity contribution in [2.75, 3.05) is 25.0 Å². The van der Waals surface area contributed by atoms with Gasteiger partial charge in [0.15, 0.2) is 22.8 Å². The van der Waals surface area contributed by atoms with Crippen molar-refractivity contribution in [2.24, 2.45) is 0 Å². The first-order valence-corrected chi connectivity index (χ1v) is 12.0. The summed E-state index contributed by atoms with van der Waals surface area (Å²) in [4.78, 5) is 48.2. The number of carbonyl (C=O) groups is 2. The topological polar surface area (TPSA) is 126 Å². The highest BCUT2D eigenvalue weighted by Gasteiger charge is 2.20. The lowest BCUT2D eigenvalue weighted by atomic mass is 10.1. The Morgan fingerprint density at radius 1 is 1.14 bits per heavy atom. The zero-order valence-corrected chi connectivity index (χ0v) is 20.2. The lowest BCUT2D eigenvalue weighted by Crippen LogP contribution is -2.31. The predicted molar refractivity (Wildman–Crippen MR) is 136 cm³/mol. The number of aromatic nitrogens is 5. The number of benzene rings is 1. The van der Waals surface area contributed by atoms with Crippen molar-refractivity contribution in [3.8, 4) is 11.4 Å². The second-order valence-corrected chi connectivity index (χ2v) is 8.75. The van der Waals surface area contributed by atoms with Gasteiger partial charge in [0.25, 0.3) is 5.91 Å². The van der Waals surface area contributed by atoms with E-state index in [0.717, 1.165) is 18.5 Å². The van der Waals surface area contributed by atoms with Crippen LogP contribution in [0, 0.1) is 12.7 Å². The highest BCUT2D eigenvalue weighted by atomic mass is 19.1. The van der Waals surface area contributed by atoms with E-state index in [4.69, 9.17) is 0 Å². The summed E-state index contributed by atoms with van der Waals surface area (Å²) in [6.07, 6.45) is 8.14. The van der Waals surface area contributed by atoms with Gasteiger partial charge in [0, 0.05) is 50.8 Å². The van der Waals surface area contributed by atoms with Crippen molar-refractivity contribution >= 4 is 34.5 Å². The van der Waals surface area contributed by atoms with Crippen LogP contribution in [0.4, 0.5) is 15.9 Å². The van der Waals surface area contributed by atoms with Crippen LogP contribution in [-0.2, 0) is 4.79 Å². The molecule has 1 aliphatic heterocycles. The third-order valence-electron chi connectivity index (χ3n) is 6.08. The number of carbonyl (C=O) groups excluding carboxylic acids is 2. The lowest BCUT2D eigenvalue weighted by molar-refractivity contribution is -0.127. The van der Waals surface area contributed by atoms with Gasteiger partial charge >= 0.3 is 0 Å². The number of nitrogens with one attached hydrogen (secondary N) is 2. The number of nitrogens with zero attached hydrogens (tertiary/aromatic N) is 6. The van der Waals surface area contributed by atoms with E-state index in [1.807, 2.05) is 11.8 Å². The molecule has 2 amide bonds. The van der Waals surface area contributed by atoms with Crippen LogP contribution in [0.25, 0.3) is 22.6 Å². The molecule has 37 heavy (non-hydrogen) atoms. The Labute approximate surface area is 212 Å². The Kier molecular flexibility index (Phi) is 6.93. The van der Waals surface area contributed by atoms with Gasteiger partial charge in [-0.25, -0.2) is 24.3 Å². The van der Waals surface area contributed by atoms with E-state index in [9.17, 15) is 14.0 Å². The second kappa shape index (κ2) is 10.6. The van der Waals surface area contributed by atoms with Crippen LogP contribution in [0.1, 0.15) is 35.2 Å². The first-order valence-electron chi connectivity index (χ1n) is 12.0. The molecule has 0 unspecified atom stereocenters. The van der Waals surface area contributed by atoms with Gasteiger partial charge in [-0.05, 0) is 38.0 Å². The summed E-state index contributed by atoms with van der Waals surface area (Å²) in [6.45, 7) is 3.65. The number of amides is 2. The summed E-state index contributed by atoms with van der Waals surface area (Å²) in [5, 5.41) is 6.04. The summed E-state index contributed by atoms with van der Waals surface area (Å²) < 4.78 is 14.6. The molecule has 5 rings (SSSR count). The van der Waals surface area contributed by atoms with Gasteiger partial charge in [0.05, 0.1) is 16.8 Å². The molecule has 11 heteroatoms. The SMILES string of the molecule is Cc1ccc(F)c(-c2nc(Nc3ccncc3C(=O)NCCCN3CCCC3=O)c3nccnc3n2)c1. The van der Waals surface area contributed by atoms with Crippen molar-refractivity contribution in [1.82, 2.24) is 35.1 Å². The molecule has 1 fully saturated rings. The number of pyridine rings is 1. The minimum absolute atomic E-state index is 0.146. The van der Waals surface area contributed by atoms with E-state index < -0.39 is 5.82 Å². The van der Waals surface area contributed by atoms with Gasteiger partial charge in [0.1, 0.15) is 5.82 Å². The van der Waals surface area contributed by atoms with Crippen LogP contribution in [-0.4, -0.2) is 61.3 Å². The molecule has 0 spiro atoms. The van der Waals surface area contributed by atoms with Gasteiger partial charge in [0.2, 0.25) is 5.91 Å². The normalized spacial score (nSPS) is 13.2. The fourth-order valence-corrected chi connectivity index (χ4v) is 4.20. The number of rotatable bonds is 8. The van der Waals surface area contributed by atoms with Gasteiger partial charge in [-0.2, -0.15) is 0 Å². The maximum Gasteiger partial charge on any atom is 0.254 e. The number of anilines is 2. The highest BCUT2D eigenvalue weighted by Crippen LogP contribution is 2.28. The van der Waals surface area contributed by atoms with Crippen LogP contribution < -0.4 is 10.6 Å². The first-order chi connectivity index (χ1) is 18.0. The van der Waals surface area contributed by atoms with Gasteiger partial charge in [-0.15, -0.1) is 0 Å². The van der Waals surface area contributed by atoms with Crippen LogP contribution in [0.2, 0.25) is 0 Å². The Morgan fingerprint density at radius 2 is 2.00 bits per heavy atom. The average Bonchev–Trinajstić information content (AvgIpc) is 3.32. The van der Waals surface area contributed by atoms with E-state index in [0.29, 0.717) is 42.7 Å². The van der Waals surface area contributed by atoms with Gasteiger partial charge in [-0.1, -0.05) is 11.6 Å². The summed E-state index contributed by atoms with van der Waals surface area (Å²) >= 11 is 0. The first kappa shape index (κ1) is 24.2. The second-order valence-electron chi connectivity index (χ2n) is 8.75. The fraction of sp³-hybridized carbons (Fsp3) is 0.269. The number of likely N-dealkylation sites (tertiary alicyclic amines) is 1. The zero-order chi connectivity index (χ0) is 25.8. The molecule has 4 heterocycles. The Bertz CT molecular complexity index is 1480. The van der Waals surface area contributed by atoms with E-state index in [-0.39, 0.29) is 34.7 Å². The van der Waals surface area contributed by atoms with Crippen LogP contribution in [0.3, 0.4) is 0 Å². The van der Waals surface area contributed by atoms with E-state index in [2.05, 4.69) is 35.6 Å². The average molecular weight is 501 g/mol. The standard InChI is InChI=1S/C26H25FN8O2/c1-16-5-6-19(27)17(14-16)23-33-24-22(29-10-11-30-24)25(34-23)32-20-7-9-28-15-18(20)26(37)31-8-3-13-35-12-2-4-21(35)36/h5-7,9-11,14-15H,2-4,8,12-13H2,1H3,(H,31,37)(H,28,30,32,33,34). The van der Waals surface area contributed by atoms with Crippen molar-refractivity contribution < 1.29 is 14.0 Å². The molecular weight excluding hydrogens is 475 g/mol.